The smallest absolute Gasteiger partial charge is 0.256 e. The van der Waals surface area contributed by atoms with E-state index < -0.39 is 0 Å². The fraction of sp³-hybridized carbons (Fsp3) is 0.320. The average Bonchev–Trinajstić information content (AvgIpc) is 3.10. The lowest BCUT2D eigenvalue weighted by Crippen LogP contribution is -2.42. The molecule has 168 valence electrons. The molecule has 3 aromatic rings. The van der Waals surface area contributed by atoms with Crippen LogP contribution in [0.25, 0.3) is 0 Å². The monoisotopic (exact) mass is 451 g/mol. The average molecular weight is 452 g/mol. The molecule has 0 spiro atoms. The van der Waals surface area contributed by atoms with Crippen LogP contribution in [0.4, 0.5) is 5.69 Å². The van der Waals surface area contributed by atoms with Crippen molar-refractivity contribution in [2.24, 2.45) is 0 Å². The zero-order chi connectivity index (χ0) is 23.3. The van der Waals surface area contributed by atoms with E-state index in [1.807, 2.05) is 52.8 Å². The van der Waals surface area contributed by atoms with Gasteiger partial charge in [0, 0.05) is 33.0 Å². The first-order valence-electron chi connectivity index (χ1n) is 10.6. The molecule has 7 heteroatoms. The minimum Gasteiger partial charge on any atom is -0.361 e. The Labute approximate surface area is 193 Å². The highest BCUT2D eigenvalue weighted by molar-refractivity contribution is 7.98. The van der Waals surface area contributed by atoms with Crippen LogP contribution in [0.3, 0.4) is 0 Å². The first kappa shape index (κ1) is 23.6. The van der Waals surface area contributed by atoms with Crippen molar-refractivity contribution >= 4 is 29.3 Å². The van der Waals surface area contributed by atoms with E-state index in [4.69, 9.17) is 4.52 Å². The minimum atomic E-state index is -0.269. The van der Waals surface area contributed by atoms with Gasteiger partial charge in [0.25, 0.3) is 11.8 Å². The molecule has 0 atom stereocenters. The van der Waals surface area contributed by atoms with Gasteiger partial charge in [-0.1, -0.05) is 24.2 Å². The van der Waals surface area contributed by atoms with Crippen LogP contribution in [0, 0.1) is 13.8 Å². The second-order valence-corrected chi connectivity index (χ2v) is 9.33. The molecule has 1 heterocycles. The molecule has 1 aromatic heterocycles. The van der Waals surface area contributed by atoms with Gasteiger partial charge in [-0.05, 0) is 70.5 Å². The summed E-state index contributed by atoms with van der Waals surface area (Å²) in [4.78, 5) is 26.2. The van der Waals surface area contributed by atoms with Gasteiger partial charge in [-0.3, -0.25) is 9.59 Å². The van der Waals surface area contributed by atoms with Crippen molar-refractivity contribution < 1.29 is 14.1 Å². The number of aromatic nitrogens is 1. The maximum atomic E-state index is 12.9. The molecule has 0 aliphatic heterocycles. The minimum absolute atomic E-state index is 0.129. The van der Waals surface area contributed by atoms with Crippen molar-refractivity contribution in [3.05, 3.63) is 76.7 Å². The molecule has 0 unspecified atom stereocenters. The van der Waals surface area contributed by atoms with Crippen LogP contribution in [0.15, 0.2) is 57.9 Å². The summed E-state index contributed by atoms with van der Waals surface area (Å²) >= 11 is 1.57. The van der Waals surface area contributed by atoms with Crippen LogP contribution in [-0.4, -0.2) is 22.5 Å². The number of hydrogen-bond donors (Lipinski definition) is 2. The first-order valence-corrected chi connectivity index (χ1v) is 11.6. The Morgan fingerprint density at radius 3 is 2.34 bits per heavy atom. The van der Waals surface area contributed by atoms with E-state index in [0.29, 0.717) is 22.6 Å². The van der Waals surface area contributed by atoms with Crippen LogP contribution in [0.1, 0.15) is 64.9 Å². The van der Waals surface area contributed by atoms with Gasteiger partial charge in [0.1, 0.15) is 5.76 Å². The normalized spacial score (nSPS) is 11.3. The number of anilines is 1. The maximum absolute atomic E-state index is 12.9. The highest BCUT2D eigenvalue weighted by atomic mass is 32.2. The number of carbonyl (C=O) groups is 2. The zero-order valence-electron chi connectivity index (χ0n) is 19.1. The van der Waals surface area contributed by atoms with Crippen molar-refractivity contribution in [1.82, 2.24) is 10.5 Å². The number of nitrogens with zero attached hydrogens (tertiary/aromatic N) is 1. The van der Waals surface area contributed by atoms with Gasteiger partial charge in [-0.25, -0.2) is 0 Å². The SMILES string of the molecule is CCC(C)(C)NC(=O)c1ccc(NC(=O)c2ccccc2SCc2c(C)noc2C)cc1. The lowest BCUT2D eigenvalue weighted by Gasteiger charge is -2.24. The quantitative estimate of drug-likeness (QED) is 0.426. The van der Waals surface area contributed by atoms with Crippen LogP contribution in [0.2, 0.25) is 0 Å². The highest BCUT2D eigenvalue weighted by Crippen LogP contribution is 2.29. The van der Waals surface area contributed by atoms with E-state index in [0.717, 1.165) is 28.3 Å². The van der Waals surface area contributed by atoms with E-state index in [-0.39, 0.29) is 17.4 Å². The number of amides is 2. The third-order valence-electron chi connectivity index (χ3n) is 5.43. The molecule has 2 N–H and O–H groups in total. The molecule has 0 aliphatic rings. The molecular formula is C25H29N3O3S. The Balaban J connectivity index is 1.68. The fourth-order valence-corrected chi connectivity index (χ4v) is 4.21. The molecule has 0 saturated heterocycles. The number of aryl methyl sites for hydroxylation is 2. The lowest BCUT2D eigenvalue weighted by atomic mass is 10.0. The summed E-state index contributed by atoms with van der Waals surface area (Å²) in [5.41, 5.74) is 3.42. The first-order chi connectivity index (χ1) is 15.2. The number of carbonyl (C=O) groups excluding carboxylic acids is 2. The van der Waals surface area contributed by atoms with Gasteiger partial charge in [0.15, 0.2) is 0 Å². The van der Waals surface area contributed by atoms with Crippen molar-refractivity contribution in [1.29, 1.82) is 0 Å². The van der Waals surface area contributed by atoms with Gasteiger partial charge >= 0.3 is 0 Å². The Bertz CT molecular complexity index is 1080. The highest BCUT2D eigenvalue weighted by Gasteiger charge is 2.19. The van der Waals surface area contributed by atoms with Crippen molar-refractivity contribution in [2.75, 3.05) is 5.32 Å². The predicted octanol–water partition coefficient (Wildman–Crippen LogP) is 5.75. The molecule has 32 heavy (non-hydrogen) atoms. The summed E-state index contributed by atoms with van der Waals surface area (Å²) < 4.78 is 5.23. The number of nitrogens with one attached hydrogen (secondary N) is 2. The summed E-state index contributed by atoms with van der Waals surface area (Å²) in [6.45, 7) is 9.81. The van der Waals surface area contributed by atoms with Gasteiger partial charge < -0.3 is 15.2 Å². The summed E-state index contributed by atoms with van der Waals surface area (Å²) in [5.74, 6) is 1.14. The summed E-state index contributed by atoms with van der Waals surface area (Å²) in [7, 11) is 0. The third kappa shape index (κ3) is 5.79. The van der Waals surface area contributed by atoms with Crippen LogP contribution in [0.5, 0.6) is 0 Å². The Morgan fingerprint density at radius 2 is 1.72 bits per heavy atom. The molecule has 0 saturated carbocycles. The zero-order valence-corrected chi connectivity index (χ0v) is 19.9. The number of thioether (sulfide) groups is 1. The molecule has 3 rings (SSSR count). The maximum Gasteiger partial charge on any atom is 0.256 e. The molecule has 0 bridgehead atoms. The molecule has 0 aliphatic carbocycles. The molecular weight excluding hydrogens is 422 g/mol. The fourth-order valence-electron chi connectivity index (χ4n) is 3.01. The van der Waals surface area contributed by atoms with Crippen LogP contribution in [-0.2, 0) is 5.75 Å². The Kier molecular flexibility index (Phi) is 7.40. The van der Waals surface area contributed by atoms with Crippen molar-refractivity contribution in [3.63, 3.8) is 0 Å². The van der Waals surface area contributed by atoms with Gasteiger partial charge in [0.2, 0.25) is 0 Å². The summed E-state index contributed by atoms with van der Waals surface area (Å²) in [6, 6.07) is 14.4. The molecule has 2 amide bonds. The second-order valence-electron chi connectivity index (χ2n) is 8.31. The van der Waals surface area contributed by atoms with Crippen molar-refractivity contribution in [3.8, 4) is 0 Å². The molecule has 0 fully saturated rings. The molecule has 0 radical (unpaired) electrons. The van der Waals surface area contributed by atoms with E-state index in [1.165, 1.54) is 0 Å². The van der Waals surface area contributed by atoms with Gasteiger partial charge in [-0.2, -0.15) is 0 Å². The summed E-state index contributed by atoms with van der Waals surface area (Å²) in [5, 5.41) is 9.92. The lowest BCUT2D eigenvalue weighted by molar-refractivity contribution is 0.0911. The predicted molar refractivity (Wildman–Crippen MR) is 128 cm³/mol. The Hall–Kier alpha value is -3.06. The van der Waals surface area contributed by atoms with E-state index in [1.54, 1.807) is 42.1 Å². The van der Waals surface area contributed by atoms with E-state index >= 15 is 0 Å². The van der Waals surface area contributed by atoms with E-state index in [9.17, 15) is 9.59 Å². The number of benzene rings is 2. The largest absolute Gasteiger partial charge is 0.361 e. The third-order valence-corrected chi connectivity index (χ3v) is 6.53. The van der Waals surface area contributed by atoms with Crippen molar-refractivity contribution in [2.45, 2.75) is 57.2 Å². The number of hydrogen-bond acceptors (Lipinski definition) is 5. The standard InChI is InChI=1S/C25H29N3O3S/c1-6-25(4,5)27-23(29)18-11-13-19(14-12-18)26-24(30)20-9-7-8-10-22(20)32-15-21-16(2)28-31-17(21)3/h7-14H,6,15H2,1-5H3,(H,26,30)(H,27,29). The topological polar surface area (TPSA) is 84.2 Å². The molecule has 6 nitrogen and oxygen atoms in total. The van der Waals surface area contributed by atoms with Crippen LogP contribution >= 0.6 is 11.8 Å². The van der Waals surface area contributed by atoms with Gasteiger partial charge in [0.05, 0.1) is 11.3 Å². The van der Waals surface area contributed by atoms with E-state index in [2.05, 4.69) is 15.8 Å². The van der Waals surface area contributed by atoms with Crippen LogP contribution < -0.4 is 10.6 Å². The van der Waals surface area contributed by atoms with Gasteiger partial charge in [-0.15, -0.1) is 11.8 Å². The number of rotatable bonds is 8. The second kappa shape index (κ2) is 10.0. The summed E-state index contributed by atoms with van der Waals surface area (Å²) in [6.07, 6.45) is 0.834. The Morgan fingerprint density at radius 1 is 1.03 bits per heavy atom. The molecule has 2 aromatic carbocycles.